The van der Waals surface area contributed by atoms with E-state index >= 15 is 0 Å². The first-order valence-electron chi connectivity index (χ1n) is 5.50. The van der Waals surface area contributed by atoms with Gasteiger partial charge >= 0.3 is 0 Å². The molecule has 2 nitrogen and oxygen atoms in total. The Balaban J connectivity index is 2.82. The van der Waals surface area contributed by atoms with E-state index in [-0.39, 0.29) is 5.82 Å². The predicted octanol–water partition coefficient (Wildman–Crippen LogP) is 2.94. The molecule has 0 spiro atoms. The van der Waals surface area contributed by atoms with Gasteiger partial charge in [-0.1, -0.05) is 19.1 Å². The summed E-state index contributed by atoms with van der Waals surface area (Å²) < 4.78 is 13.6. The third-order valence-corrected chi connectivity index (χ3v) is 2.60. The number of nitrogens with zero attached hydrogens (tertiary/aromatic N) is 1. The van der Waals surface area contributed by atoms with Crippen molar-refractivity contribution in [3.63, 3.8) is 0 Å². The van der Waals surface area contributed by atoms with Gasteiger partial charge in [-0.2, -0.15) is 0 Å². The summed E-state index contributed by atoms with van der Waals surface area (Å²) in [7, 11) is 0. The maximum atomic E-state index is 13.6. The van der Waals surface area contributed by atoms with E-state index in [1.807, 2.05) is 13.0 Å². The van der Waals surface area contributed by atoms with Crippen LogP contribution in [0.5, 0.6) is 0 Å². The summed E-state index contributed by atoms with van der Waals surface area (Å²) in [5.74, 6) is -0.245. The highest BCUT2D eigenvalue weighted by Gasteiger charge is 2.12. The molecule has 88 valence electrons. The fourth-order valence-electron chi connectivity index (χ4n) is 1.42. The highest BCUT2D eigenvalue weighted by molar-refractivity contribution is 7.80. The predicted molar refractivity (Wildman–Crippen MR) is 70.3 cm³/mol. The summed E-state index contributed by atoms with van der Waals surface area (Å²) in [6, 6.07) is 6.66. The zero-order valence-electron chi connectivity index (χ0n) is 9.66. The van der Waals surface area contributed by atoms with Crippen LogP contribution in [-0.2, 0) is 0 Å². The SMILES string of the molecule is CCCNC(=S)N(CC)c1ccccc1F. The van der Waals surface area contributed by atoms with Crippen molar-refractivity contribution in [3.05, 3.63) is 30.1 Å². The van der Waals surface area contributed by atoms with Crippen LogP contribution < -0.4 is 10.2 Å². The van der Waals surface area contributed by atoms with Crippen molar-refractivity contribution >= 4 is 23.0 Å². The van der Waals surface area contributed by atoms with Gasteiger partial charge in [0.15, 0.2) is 5.11 Å². The molecule has 0 saturated carbocycles. The first-order valence-corrected chi connectivity index (χ1v) is 5.91. The summed E-state index contributed by atoms with van der Waals surface area (Å²) in [6.07, 6.45) is 0.995. The van der Waals surface area contributed by atoms with Crippen LogP contribution >= 0.6 is 12.2 Å². The number of nitrogens with one attached hydrogen (secondary N) is 1. The fraction of sp³-hybridized carbons (Fsp3) is 0.417. The van der Waals surface area contributed by atoms with E-state index in [0.717, 1.165) is 13.0 Å². The van der Waals surface area contributed by atoms with Crippen LogP contribution in [0, 0.1) is 5.82 Å². The van der Waals surface area contributed by atoms with Crippen LogP contribution in [0.15, 0.2) is 24.3 Å². The van der Waals surface area contributed by atoms with E-state index in [9.17, 15) is 4.39 Å². The molecule has 1 rings (SSSR count). The average Bonchev–Trinajstić information content (AvgIpc) is 2.30. The molecule has 0 aromatic heterocycles. The quantitative estimate of drug-likeness (QED) is 0.815. The molecule has 0 atom stereocenters. The average molecular weight is 240 g/mol. The lowest BCUT2D eigenvalue weighted by molar-refractivity contribution is 0.626. The minimum absolute atomic E-state index is 0.245. The van der Waals surface area contributed by atoms with Gasteiger partial charge in [0.1, 0.15) is 5.82 Å². The van der Waals surface area contributed by atoms with Crippen molar-refractivity contribution < 1.29 is 4.39 Å². The Labute approximate surface area is 101 Å². The van der Waals surface area contributed by atoms with Gasteiger partial charge in [0, 0.05) is 13.1 Å². The molecular formula is C12H17FN2S. The zero-order chi connectivity index (χ0) is 12.0. The highest BCUT2D eigenvalue weighted by atomic mass is 32.1. The fourth-order valence-corrected chi connectivity index (χ4v) is 1.75. The Morgan fingerprint density at radius 1 is 1.38 bits per heavy atom. The van der Waals surface area contributed by atoms with Gasteiger partial charge in [-0.3, -0.25) is 0 Å². The van der Waals surface area contributed by atoms with E-state index in [1.54, 1.807) is 17.0 Å². The number of hydrogen-bond donors (Lipinski definition) is 1. The molecule has 0 aliphatic heterocycles. The van der Waals surface area contributed by atoms with Crippen molar-refractivity contribution in [3.8, 4) is 0 Å². The van der Waals surface area contributed by atoms with Crippen molar-refractivity contribution in [2.45, 2.75) is 20.3 Å². The number of thiocarbonyl (C=S) groups is 1. The normalized spacial score (nSPS) is 9.94. The number of hydrogen-bond acceptors (Lipinski definition) is 1. The van der Waals surface area contributed by atoms with E-state index in [4.69, 9.17) is 12.2 Å². The Hall–Kier alpha value is -1.16. The third kappa shape index (κ3) is 3.17. The molecule has 0 saturated heterocycles. The van der Waals surface area contributed by atoms with Crippen LogP contribution in [0.1, 0.15) is 20.3 Å². The molecule has 0 amide bonds. The smallest absolute Gasteiger partial charge is 0.173 e. The van der Waals surface area contributed by atoms with Crippen LogP contribution in [0.4, 0.5) is 10.1 Å². The molecule has 1 aromatic rings. The molecule has 0 aliphatic carbocycles. The lowest BCUT2D eigenvalue weighted by atomic mass is 10.3. The maximum absolute atomic E-state index is 13.6. The van der Waals surface area contributed by atoms with E-state index in [2.05, 4.69) is 12.2 Å². The molecule has 1 aromatic carbocycles. The zero-order valence-corrected chi connectivity index (χ0v) is 10.5. The molecule has 16 heavy (non-hydrogen) atoms. The van der Waals surface area contributed by atoms with Gasteiger partial charge in [0.2, 0.25) is 0 Å². The Morgan fingerprint density at radius 2 is 2.06 bits per heavy atom. The molecule has 0 radical (unpaired) electrons. The summed E-state index contributed by atoms with van der Waals surface area (Å²) in [4.78, 5) is 1.76. The second kappa shape index (κ2) is 6.43. The van der Waals surface area contributed by atoms with Gasteiger partial charge in [0.05, 0.1) is 5.69 Å². The second-order valence-corrected chi connectivity index (χ2v) is 3.81. The molecule has 0 aliphatic rings. The molecule has 4 heteroatoms. The lowest BCUT2D eigenvalue weighted by Gasteiger charge is -2.24. The molecular weight excluding hydrogens is 223 g/mol. The van der Waals surface area contributed by atoms with Crippen molar-refractivity contribution in [2.24, 2.45) is 0 Å². The van der Waals surface area contributed by atoms with Gasteiger partial charge in [-0.25, -0.2) is 4.39 Å². The van der Waals surface area contributed by atoms with Gasteiger partial charge in [0.25, 0.3) is 0 Å². The minimum Gasteiger partial charge on any atom is -0.362 e. The molecule has 1 N–H and O–H groups in total. The van der Waals surface area contributed by atoms with E-state index in [0.29, 0.717) is 17.3 Å². The topological polar surface area (TPSA) is 15.3 Å². The number of halogens is 1. The summed E-state index contributed by atoms with van der Waals surface area (Å²) >= 11 is 5.23. The minimum atomic E-state index is -0.245. The van der Waals surface area contributed by atoms with Crippen LogP contribution in [0.2, 0.25) is 0 Å². The Morgan fingerprint density at radius 3 is 2.62 bits per heavy atom. The summed E-state index contributed by atoms with van der Waals surface area (Å²) in [6.45, 7) is 5.47. The molecule has 0 heterocycles. The van der Waals surface area contributed by atoms with Gasteiger partial charge in [-0.05, 0) is 37.7 Å². The van der Waals surface area contributed by atoms with Crippen LogP contribution in [-0.4, -0.2) is 18.2 Å². The van der Waals surface area contributed by atoms with E-state index < -0.39 is 0 Å². The number of anilines is 1. The van der Waals surface area contributed by atoms with E-state index in [1.165, 1.54) is 6.07 Å². The maximum Gasteiger partial charge on any atom is 0.173 e. The monoisotopic (exact) mass is 240 g/mol. The molecule has 0 unspecified atom stereocenters. The number of rotatable bonds is 4. The first kappa shape index (κ1) is 12.9. The van der Waals surface area contributed by atoms with Gasteiger partial charge < -0.3 is 10.2 Å². The van der Waals surface area contributed by atoms with Crippen LogP contribution in [0.25, 0.3) is 0 Å². The number of benzene rings is 1. The number of para-hydroxylation sites is 1. The first-order chi connectivity index (χ1) is 7.70. The Kier molecular flexibility index (Phi) is 5.19. The lowest BCUT2D eigenvalue weighted by Crippen LogP contribution is -2.40. The second-order valence-electron chi connectivity index (χ2n) is 3.43. The summed E-state index contributed by atoms with van der Waals surface area (Å²) in [5, 5.41) is 3.68. The molecule has 0 fully saturated rings. The summed E-state index contributed by atoms with van der Waals surface area (Å²) in [5.41, 5.74) is 0.526. The third-order valence-electron chi connectivity index (χ3n) is 2.23. The van der Waals surface area contributed by atoms with Crippen molar-refractivity contribution in [2.75, 3.05) is 18.0 Å². The Bertz CT molecular complexity index is 355. The standard InChI is InChI=1S/C12H17FN2S/c1-3-9-14-12(16)15(4-2)11-8-6-5-7-10(11)13/h5-8H,3-4,9H2,1-2H3,(H,14,16). The van der Waals surface area contributed by atoms with Crippen molar-refractivity contribution in [1.29, 1.82) is 0 Å². The largest absolute Gasteiger partial charge is 0.362 e. The molecule has 0 bridgehead atoms. The highest BCUT2D eigenvalue weighted by Crippen LogP contribution is 2.18. The van der Waals surface area contributed by atoms with Gasteiger partial charge in [-0.15, -0.1) is 0 Å². The van der Waals surface area contributed by atoms with Crippen molar-refractivity contribution in [1.82, 2.24) is 5.32 Å². The van der Waals surface area contributed by atoms with Crippen LogP contribution in [0.3, 0.4) is 0 Å².